The van der Waals surface area contributed by atoms with Crippen molar-refractivity contribution in [2.24, 2.45) is 0 Å². The molecule has 1 saturated heterocycles. The third kappa shape index (κ3) is 3.22. The summed E-state index contributed by atoms with van der Waals surface area (Å²) in [6.45, 7) is 2.88. The molecule has 0 spiro atoms. The van der Waals surface area contributed by atoms with Crippen molar-refractivity contribution in [2.75, 3.05) is 30.8 Å². The van der Waals surface area contributed by atoms with E-state index in [2.05, 4.69) is 14.9 Å². The Morgan fingerprint density at radius 2 is 2.11 bits per heavy atom. The van der Waals surface area contributed by atoms with Crippen molar-refractivity contribution in [3.63, 3.8) is 0 Å². The predicted molar refractivity (Wildman–Crippen MR) is 74.5 cm³/mol. The fraction of sp³-hybridized carbons (Fsp3) is 0.667. The molecule has 0 atom stereocenters. The monoisotopic (exact) mass is 284 g/mol. The molecule has 0 amide bonds. The topological polar surface area (TPSA) is 66.4 Å². The van der Waals surface area contributed by atoms with E-state index in [0.717, 1.165) is 18.7 Å². The molecular formula is C12H20N4O2S. The molecule has 1 aliphatic rings. The molecule has 106 valence electrons. The molecule has 2 rings (SSSR count). The summed E-state index contributed by atoms with van der Waals surface area (Å²) in [5.74, 6) is 1.06. The summed E-state index contributed by atoms with van der Waals surface area (Å²) in [4.78, 5) is 10.2. The van der Waals surface area contributed by atoms with Crippen LogP contribution in [0, 0.1) is 0 Å². The van der Waals surface area contributed by atoms with E-state index < -0.39 is 10.0 Å². The maximum absolute atomic E-state index is 11.8. The van der Waals surface area contributed by atoms with E-state index in [1.807, 2.05) is 13.1 Å². The van der Waals surface area contributed by atoms with E-state index >= 15 is 0 Å². The Balaban J connectivity index is 1.97. The van der Waals surface area contributed by atoms with E-state index in [-0.39, 0.29) is 5.75 Å². The van der Waals surface area contributed by atoms with E-state index in [1.54, 1.807) is 17.4 Å². The van der Waals surface area contributed by atoms with Crippen LogP contribution in [-0.4, -0.2) is 54.6 Å². The molecule has 0 aliphatic carbocycles. The van der Waals surface area contributed by atoms with Gasteiger partial charge in [-0.1, -0.05) is 0 Å². The van der Waals surface area contributed by atoms with Gasteiger partial charge in [-0.05, 0) is 25.8 Å². The summed E-state index contributed by atoms with van der Waals surface area (Å²) in [5, 5.41) is 0. The van der Waals surface area contributed by atoms with Crippen molar-refractivity contribution in [1.29, 1.82) is 0 Å². The standard InChI is InChI=1S/C12H20N4O2S/c1-3-19(17,18)16-8-5-11(6-9-16)15(2)12-4-7-13-10-14-12/h4,7,10-11H,3,5-6,8-9H2,1-2H3. The number of hydrogen-bond donors (Lipinski definition) is 0. The van der Waals surface area contributed by atoms with Gasteiger partial charge in [0.05, 0.1) is 5.75 Å². The van der Waals surface area contributed by atoms with Crippen molar-refractivity contribution < 1.29 is 8.42 Å². The van der Waals surface area contributed by atoms with Crippen LogP contribution in [0.4, 0.5) is 5.82 Å². The van der Waals surface area contributed by atoms with Crippen molar-refractivity contribution in [2.45, 2.75) is 25.8 Å². The van der Waals surface area contributed by atoms with E-state index in [4.69, 9.17) is 0 Å². The number of nitrogens with zero attached hydrogens (tertiary/aromatic N) is 4. The quantitative estimate of drug-likeness (QED) is 0.815. The van der Waals surface area contributed by atoms with Crippen LogP contribution in [0.15, 0.2) is 18.6 Å². The summed E-state index contributed by atoms with van der Waals surface area (Å²) in [7, 11) is -1.05. The summed E-state index contributed by atoms with van der Waals surface area (Å²) in [6, 6.07) is 2.20. The lowest BCUT2D eigenvalue weighted by molar-refractivity contribution is 0.314. The highest BCUT2D eigenvalue weighted by Crippen LogP contribution is 2.21. The number of piperidine rings is 1. The van der Waals surface area contributed by atoms with Crippen LogP contribution in [0.3, 0.4) is 0 Å². The van der Waals surface area contributed by atoms with Crippen LogP contribution >= 0.6 is 0 Å². The summed E-state index contributed by atoms with van der Waals surface area (Å²) in [6.07, 6.45) is 4.91. The van der Waals surface area contributed by atoms with Crippen LogP contribution in [-0.2, 0) is 10.0 Å². The van der Waals surface area contributed by atoms with Gasteiger partial charge in [0.1, 0.15) is 12.1 Å². The zero-order chi connectivity index (χ0) is 13.9. The Labute approximate surface area is 114 Å². The molecule has 0 N–H and O–H groups in total. The van der Waals surface area contributed by atoms with Gasteiger partial charge in [0.15, 0.2) is 0 Å². The van der Waals surface area contributed by atoms with E-state index in [0.29, 0.717) is 19.1 Å². The number of hydrogen-bond acceptors (Lipinski definition) is 5. The Kier molecular flexibility index (Phi) is 4.36. The lowest BCUT2D eigenvalue weighted by atomic mass is 10.1. The number of anilines is 1. The molecule has 0 radical (unpaired) electrons. The Morgan fingerprint density at radius 3 is 2.63 bits per heavy atom. The smallest absolute Gasteiger partial charge is 0.213 e. The van der Waals surface area contributed by atoms with Crippen LogP contribution < -0.4 is 4.90 Å². The first kappa shape index (κ1) is 14.2. The van der Waals surface area contributed by atoms with Gasteiger partial charge in [-0.15, -0.1) is 0 Å². The maximum atomic E-state index is 11.8. The third-order valence-electron chi connectivity index (χ3n) is 3.66. The van der Waals surface area contributed by atoms with Gasteiger partial charge in [-0.2, -0.15) is 0 Å². The molecule has 2 heterocycles. The zero-order valence-corrected chi connectivity index (χ0v) is 12.2. The second-order valence-corrected chi connectivity index (χ2v) is 6.97. The molecule has 19 heavy (non-hydrogen) atoms. The van der Waals surface area contributed by atoms with Gasteiger partial charge in [-0.25, -0.2) is 22.7 Å². The molecule has 1 fully saturated rings. The molecule has 0 saturated carbocycles. The minimum Gasteiger partial charge on any atom is -0.356 e. The largest absolute Gasteiger partial charge is 0.356 e. The first-order valence-corrected chi connectivity index (χ1v) is 8.12. The molecule has 0 bridgehead atoms. The van der Waals surface area contributed by atoms with Crippen molar-refractivity contribution in [3.8, 4) is 0 Å². The zero-order valence-electron chi connectivity index (χ0n) is 11.4. The number of rotatable bonds is 4. The maximum Gasteiger partial charge on any atom is 0.213 e. The van der Waals surface area contributed by atoms with Gasteiger partial charge >= 0.3 is 0 Å². The van der Waals surface area contributed by atoms with Gasteiger partial charge in [-0.3, -0.25) is 0 Å². The Bertz CT molecular complexity index is 498. The highest BCUT2D eigenvalue weighted by Gasteiger charge is 2.28. The molecule has 1 aromatic rings. The SMILES string of the molecule is CCS(=O)(=O)N1CCC(N(C)c2ccncn2)CC1. The van der Waals surface area contributed by atoms with Crippen LogP contribution in [0.1, 0.15) is 19.8 Å². The third-order valence-corrected chi connectivity index (χ3v) is 5.54. The molecule has 1 aromatic heterocycles. The number of sulfonamides is 1. The van der Waals surface area contributed by atoms with Gasteiger partial charge in [0, 0.05) is 32.4 Å². The van der Waals surface area contributed by atoms with Crippen molar-refractivity contribution in [1.82, 2.24) is 14.3 Å². The first-order valence-electron chi connectivity index (χ1n) is 6.51. The van der Waals surface area contributed by atoms with Crippen molar-refractivity contribution in [3.05, 3.63) is 18.6 Å². The minimum absolute atomic E-state index is 0.180. The van der Waals surface area contributed by atoms with Crippen LogP contribution in [0.25, 0.3) is 0 Å². The van der Waals surface area contributed by atoms with Gasteiger partial charge in [0.2, 0.25) is 10.0 Å². The summed E-state index contributed by atoms with van der Waals surface area (Å²) < 4.78 is 25.2. The van der Waals surface area contributed by atoms with Gasteiger partial charge in [0.25, 0.3) is 0 Å². The normalized spacial score (nSPS) is 18.4. The Morgan fingerprint density at radius 1 is 1.42 bits per heavy atom. The summed E-state index contributed by atoms with van der Waals surface area (Å²) in [5.41, 5.74) is 0. The Hall–Kier alpha value is -1.21. The fourth-order valence-electron chi connectivity index (χ4n) is 2.37. The molecule has 6 nitrogen and oxygen atoms in total. The molecule has 0 unspecified atom stereocenters. The average Bonchev–Trinajstić information content (AvgIpc) is 2.47. The number of aromatic nitrogens is 2. The van der Waals surface area contributed by atoms with Crippen LogP contribution in [0.5, 0.6) is 0 Å². The highest BCUT2D eigenvalue weighted by atomic mass is 32.2. The predicted octanol–water partition coefficient (Wildman–Crippen LogP) is 0.727. The first-order chi connectivity index (χ1) is 9.04. The lowest BCUT2D eigenvalue weighted by Gasteiger charge is -2.36. The van der Waals surface area contributed by atoms with Crippen LogP contribution in [0.2, 0.25) is 0 Å². The molecule has 0 aromatic carbocycles. The van der Waals surface area contributed by atoms with E-state index in [1.165, 1.54) is 6.33 Å². The molecular weight excluding hydrogens is 264 g/mol. The highest BCUT2D eigenvalue weighted by molar-refractivity contribution is 7.89. The fourth-order valence-corrected chi connectivity index (χ4v) is 3.50. The minimum atomic E-state index is -3.05. The average molecular weight is 284 g/mol. The van der Waals surface area contributed by atoms with E-state index in [9.17, 15) is 8.42 Å². The summed E-state index contributed by atoms with van der Waals surface area (Å²) >= 11 is 0. The van der Waals surface area contributed by atoms with Gasteiger partial charge < -0.3 is 4.90 Å². The molecule has 7 heteroatoms. The second kappa shape index (κ2) is 5.83. The second-order valence-electron chi connectivity index (χ2n) is 4.71. The molecule has 1 aliphatic heterocycles. The lowest BCUT2D eigenvalue weighted by Crippen LogP contribution is -2.46. The van der Waals surface area contributed by atoms with Crippen molar-refractivity contribution >= 4 is 15.8 Å².